The van der Waals surface area contributed by atoms with Gasteiger partial charge >= 0.3 is 0 Å². The third-order valence-electron chi connectivity index (χ3n) is 3.62. The molecule has 0 saturated carbocycles. The Balaban J connectivity index is 1.78. The van der Waals surface area contributed by atoms with Crippen molar-refractivity contribution < 1.29 is 4.74 Å². The average molecular weight is 262 g/mol. The van der Waals surface area contributed by atoms with Crippen molar-refractivity contribution in [3.8, 4) is 0 Å². The van der Waals surface area contributed by atoms with E-state index in [9.17, 15) is 0 Å². The molecule has 1 saturated heterocycles. The normalized spacial score (nSPS) is 24.5. The van der Waals surface area contributed by atoms with Gasteiger partial charge < -0.3 is 10.1 Å². The summed E-state index contributed by atoms with van der Waals surface area (Å²) in [5.41, 5.74) is 1.12. The van der Waals surface area contributed by atoms with Gasteiger partial charge in [-0.05, 0) is 25.6 Å². The molecule has 0 amide bonds. The van der Waals surface area contributed by atoms with E-state index in [0.29, 0.717) is 12.0 Å². The molecular weight excluding hydrogens is 244 g/mol. The van der Waals surface area contributed by atoms with Gasteiger partial charge in [0.15, 0.2) is 0 Å². The van der Waals surface area contributed by atoms with Crippen LogP contribution in [-0.4, -0.2) is 31.3 Å². The molecule has 4 heteroatoms. The van der Waals surface area contributed by atoms with Crippen LogP contribution in [0.4, 0.5) is 0 Å². The summed E-state index contributed by atoms with van der Waals surface area (Å²) < 4.78 is 6.88. The molecule has 1 aliphatic heterocycles. The molecule has 96 valence electrons. The van der Waals surface area contributed by atoms with Crippen LogP contribution in [0.25, 0.3) is 10.2 Å². The minimum Gasteiger partial charge on any atom is -0.381 e. The molecule has 2 atom stereocenters. The first-order valence-electron chi connectivity index (χ1n) is 6.46. The summed E-state index contributed by atoms with van der Waals surface area (Å²) in [4.78, 5) is 4.71. The van der Waals surface area contributed by atoms with Gasteiger partial charge in [-0.25, -0.2) is 4.98 Å². The van der Waals surface area contributed by atoms with E-state index in [0.717, 1.165) is 31.6 Å². The number of aromatic nitrogens is 1. The molecule has 0 spiro atoms. The van der Waals surface area contributed by atoms with E-state index in [-0.39, 0.29) is 0 Å². The van der Waals surface area contributed by atoms with E-state index in [2.05, 4.69) is 23.5 Å². The van der Waals surface area contributed by atoms with Gasteiger partial charge in [-0.2, -0.15) is 0 Å². The molecule has 1 aliphatic rings. The van der Waals surface area contributed by atoms with Gasteiger partial charge in [0.2, 0.25) is 0 Å². The van der Waals surface area contributed by atoms with E-state index in [1.807, 2.05) is 24.5 Å². The summed E-state index contributed by atoms with van der Waals surface area (Å²) in [7, 11) is 2.04. The second-order valence-electron chi connectivity index (χ2n) is 4.80. The molecule has 3 rings (SSSR count). The van der Waals surface area contributed by atoms with E-state index < -0.39 is 0 Å². The molecule has 1 fully saturated rings. The number of benzene rings is 1. The van der Waals surface area contributed by atoms with Crippen molar-refractivity contribution in [2.75, 3.05) is 20.3 Å². The standard InChI is InChI=1S/C14H18N2OS/c1-15-11-6-7-17-9-10(11)8-14-16-12-4-2-3-5-13(12)18-14/h2-5,10-11,15H,6-9H2,1H3. The van der Waals surface area contributed by atoms with Crippen LogP contribution in [0.5, 0.6) is 0 Å². The summed E-state index contributed by atoms with van der Waals surface area (Å²) in [6.07, 6.45) is 2.12. The fraction of sp³-hybridized carbons (Fsp3) is 0.500. The number of rotatable bonds is 3. The van der Waals surface area contributed by atoms with E-state index in [1.165, 1.54) is 9.71 Å². The highest BCUT2D eigenvalue weighted by Gasteiger charge is 2.25. The zero-order valence-corrected chi connectivity index (χ0v) is 11.4. The first kappa shape index (κ1) is 12.1. The van der Waals surface area contributed by atoms with Crippen molar-refractivity contribution in [1.82, 2.24) is 10.3 Å². The highest BCUT2D eigenvalue weighted by molar-refractivity contribution is 7.18. The lowest BCUT2D eigenvalue weighted by Gasteiger charge is -2.30. The fourth-order valence-electron chi connectivity index (χ4n) is 2.61. The molecule has 3 nitrogen and oxygen atoms in total. The number of hydrogen-bond donors (Lipinski definition) is 1. The Hall–Kier alpha value is -0.970. The summed E-state index contributed by atoms with van der Waals surface area (Å²) in [5, 5.41) is 4.63. The third kappa shape index (κ3) is 2.41. The first-order chi connectivity index (χ1) is 8.86. The second-order valence-corrected chi connectivity index (χ2v) is 5.91. The number of ether oxygens (including phenoxy) is 1. The third-order valence-corrected chi connectivity index (χ3v) is 4.68. The molecule has 1 aromatic carbocycles. The Morgan fingerprint density at radius 2 is 2.33 bits per heavy atom. The number of para-hydroxylation sites is 1. The topological polar surface area (TPSA) is 34.1 Å². The first-order valence-corrected chi connectivity index (χ1v) is 7.28. The Morgan fingerprint density at radius 1 is 1.44 bits per heavy atom. The molecule has 1 N–H and O–H groups in total. The number of fused-ring (bicyclic) bond motifs is 1. The maximum absolute atomic E-state index is 5.60. The van der Waals surface area contributed by atoms with Crippen molar-refractivity contribution in [2.24, 2.45) is 5.92 Å². The molecule has 0 aliphatic carbocycles. The summed E-state index contributed by atoms with van der Waals surface area (Å²) in [6.45, 7) is 1.73. The maximum atomic E-state index is 5.60. The zero-order valence-electron chi connectivity index (χ0n) is 10.6. The highest BCUT2D eigenvalue weighted by Crippen LogP contribution is 2.26. The van der Waals surface area contributed by atoms with Gasteiger partial charge in [0, 0.05) is 25.0 Å². The minimum atomic E-state index is 0.546. The van der Waals surface area contributed by atoms with Crippen molar-refractivity contribution in [3.05, 3.63) is 29.3 Å². The van der Waals surface area contributed by atoms with Crippen LogP contribution in [0.3, 0.4) is 0 Å². The Bertz CT molecular complexity index is 492. The van der Waals surface area contributed by atoms with Crippen molar-refractivity contribution in [2.45, 2.75) is 18.9 Å². The summed E-state index contributed by atoms with van der Waals surface area (Å²) in [5.74, 6) is 0.546. The Labute approximate surface area is 111 Å². The minimum absolute atomic E-state index is 0.546. The predicted octanol–water partition coefficient (Wildman–Crippen LogP) is 2.46. The van der Waals surface area contributed by atoms with Gasteiger partial charge in [-0.15, -0.1) is 11.3 Å². The van der Waals surface area contributed by atoms with Crippen molar-refractivity contribution in [3.63, 3.8) is 0 Å². The predicted molar refractivity (Wildman–Crippen MR) is 75.1 cm³/mol. The summed E-state index contributed by atoms with van der Waals surface area (Å²) in [6, 6.07) is 8.91. The van der Waals surface area contributed by atoms with Gasteiger partial charge in [0.25, 0.3) is 0 Å². The SMILES string of the molecule is CNC1CCOCC1Cc1nc2ccccc2s1. The van der Waals surface area contributed by atoms with E-state index in [1.54, 1.807) is 0 Å². The lowest BCUT2D eigenvalue weighted by Crippen LogP contribution is -2.41. The largest absolute Gasteiger partial charge is 0.381 e. The lowest BCUT2D eigenvalue weighted by atomic mass is 9.93. The lowest BCUT2D eigenvalue weighted by molar-refractivity contribution is 0.0342. The van der Waals surface area contributed by atoms with Crippen LogP contribution in [0.1, 0.15) is 11.4 Å². The van der Waals surface area contributed by atoms with Crippen LogP contribution in [0.15, 0.2) is 24.3 Å². The maximum Gasteiger partial charge on any atom is 0.0942 e. The van der Waals surface area contributed by atoms with Gasteiger partial charge in [0.05, 0.1) is 21.8 Å². The molecule has 2 aromatic rings. The molecule has 18 heavy (non-hydrogen) atoms. The van der Waals surface area contributed by atoms with E-state index >= 15 is 0 Å². The Kier molecular flexibility index (Phi) is 3.59. The smallest absolute Gasteiger partial charge is 0.0942 e. The average Bonchev–Trinajstić information content (AvgIpc) is 2.81. The Morgan fingerprint density at radius 3 is 3.17 bits per heavy atom. The number of nitrogens with zero attached hydrogens (tertiary/aromatic N) is 1. The monoisotopic (exact) mass is 262 g/mol. The van der Waals surface area contributed by atoms with Crippen LogP contribution >= 0.6 is 11.3 Å². The van der Waals surface area contributed by atoms with Crippen molar-refractivity contribution >= 4 is 21.6 Å². The number of hydrogen-bond acceptors (Lipinski definition) is 4. The van der Waals surface area contributed by atoms with Crippen LogP contribution in [-0.2, 0) is 11.2 Å². The van der Waals surface area contributed by atoms with Crippen LogP contribution < -0.4 is 5.32 Å². The second kappa shape index (κ2) is 5.34. The van der Waals surface area contributed by atoms with Gasteiger partial charge in [-0.3, -0.25) is 0 Å². The molecule has 0 radical (unpaired) electrons. The van der Waals surface area contributed by atoms with Gasteiger partial charge in [-0.1, -0.05) is 12.1 Å². The molecule has 1 aromatic heterocycles. The molecular formula is C14H18N2OS. The number of nitrogens with one attached hydrogen (secondary N) is 1. The summed E-state index contributed by atoms with van der Waals surface area (Å²) >= 11 is 1.81. The quantitative estimate of drug-likeness (QED) is 0.922. The van der Waals surface area contributed by atoms with E-state index in [4.69, 9.17) is 9.72 Å². The molecule has 0 bridgehead atoms. The molecule has 2 unspecified atom stereocenters. The zero-order chi connectivity index (χ0) is 12.4. The molecule has 2 heterocycles. The number of thiazole rings is 1. The van der Waals surface area contributed by atoms with Crippen LogP contribution in [0, 0.1) is 5.92 Å². The van der Waals surface area contributed by atoms with Gasteiger partial charge in [0.1, 0.15) is 0 Å². The fourth-order valence-corrected chi connectivity index (χ4v) is 3.67. The van der Waals surface area contributed by atoms with Crippen molar-refractivity contribution in [1.29, 1.82) is 0 Å². The highest BCUT2D eigenvalue weighted by atomic mass is 32.1. The van der Waals surface area contributed by atoms with Crippen LogP contribution in [0.2, 0.25) is 0 Å².